The van der Waals surface area contributed by atoms with E-state index in [4.69, 9.17) is 5.11 Å². The molecule has 0 aliphatic carbocycles. The number of fused-ring (bicyclic) bond motifs is 1. The van der Waals surface area contributed by atoms with Gasteiger partial charge in [-0.05, 0) is 19.9 Å². The molecule has 0 aliphatic heterocycles. The van der Waals surface area contributed by atoms with Crippen LogP contribution in [-0.2, 0) is 0 Å². The number of hydrogen-bond donors (Lipinski definition) is 2. The lowest BCUT2D eigenvalue weighted by Crippen LogP contribution is -2.40. The second-order valence-electron chi connectivity index (χ2n) is 4.76. The van der Waals surface area contributed by atoms with Crippen molar-refractivity contribution in [2.24, 2.45) is 0 Å². The van der Waals surface area contributed by atoms with Crippen LogP contribution in [0.5, 0.6) is 0 Å². The van der Waals surface area contributed by atoms with Gasteiger partial charge in [0, 0.05) is 18.0 Å². The number of H-pyrrole nitrogens is 1. The second-order valence-corrected chi connectivity index (χ2v) is 4.76. The van der Waals surface area contributed by atoms with Crippen molar-refractivity contribution < 1.29 is 9.90 Å². The Balaban J connectivity index is 2.55. The quantitative estimate of drug-likeness (QED) is 0.862. The second kappa shape index (κ2) is 5.83. The Morgan fingerprint density at radius 2 is 2.00 bits per heavy atom. The molecule has 106 valence electrons. The third-order valence-corrected chi connectivity index (χ3v) is 3.12. The van der Waals surface area contributed by atoms with Crippen LogP contribution < -0.4 is 5.56 Å². The fourth-order valence-electron chi connectivity index (χ4n) is 2.12. The van der Waals surface area contributed by atoms with E-state index in [1.165, 1.54) is 4.90 Å². The fourth-order valence-corrected chi connectivity index (χ4v) is 2.12. The lowest BCUT2D eigenvalue weighted by Gasteiger charge is -2.25. The van der Waals surface area contributed by atoms with Crippen molar-refractivity contribution >= 4 is 16.7 Å². The Hall–Kier alpha value is -2.21. The van der Waals surface area contributed by atoms with Gasteiger partial charge in [-0.3, -0.25) is 9.59 Å². The standard InChI is InChI=1S/C14H17N3O3/c1-9(2)17(7-8-18)14(20)12-10-5-3-4-6-11(10)13(19)16-15-12/h3-6,9,18H,7-8H2,1-2H3,(H,16,19). The molecule has 6 heteroatoms. The first kappa shape index (κ1) is 14.2. The number of nitrogens with zero attached hydrogens (tertiary/aromatic N) is 2. The Morgan fingerprint density at radius 1 is 1.35 bits per heavy atom. The van der Waals surface area contributed by atoms with Gasteiger partial charge in [-0.1, -0.05) is 18.2 Å². The molecule has 0 fully saturated rings. The first-order valence-electron chi connectivity index (χ1n) is 6.45. The maximum absolute atomic E-state index is 12.5. The molecule has 0 bridgehead atoms. The van der Waals surface area contributed by atoms with Crippen LogP contribution in [-0.4, -0.2) is 45.3 Å². The number of aliphatic hydroxyl groups excluding tert-OH is 1. The molecule has 6 nitrogen and oxygen atoms in total. The minimum absolute atomic E-state index is 0.0675. The minimum Gasteiger partial charge on any atom is -0.395 e. The van der Waals surface area contributed by atoms with E-state index in [0.717, 1.165) is 0 Å². The van der Waals surface area contributed by atoms with Gasteiger partial charge in [-0.15, -0.1) is 0 Å². The number of aliphatic hydroxyl groups is 1. The smallest absolute Gasteiger partial charge is 0.275 e. The number of aromatic nitrogens is 2. The van der Waals surface area contributed by atoms with Crippen molar-refractivity contribution in [2.45, 2.75) is 19.9 Å². The SMILES string of the molecule is CC(C)N(CCO)C(=O)c1n[nH]c(=O)c2ccccc12. The average Bonchev–Trinajstić information content (AvgIpc) is 2.44. The van der Waals surface area contributed by atoms with E-state index in [9.17, 15) is 9.59 Å². The zero-order valence-corrected chi connectivity index (χ0v) is 11.5. The van der Waals surface area contributed by atoms with Crippen molar-refractivity contribution in [2.75, 3.05) is 13.2 Å². The molecule has 2 aromatic rings. The zero-order chi connectivity index (χ0) is 14.7. The van der Waals surface area contributed by atoms with Crippen molar-refractivity contribution in [3.05, 3.63) is 40.3 Å². The number of benzene rings is 1. The summed E-state index contributed by atoms with van der Waals surface area (Å²) in [5.74, 6) is -0.304. The summed E-state index contributed by atoms with van der Waals surface area (Å²) in [5, 5.41) is 16.2. The number of carbonyl (C=O) groups excluding carboxylic acids is 1. The molecular formula is C14H17N3O3. The van der Waals surface area contributed by atoms with Gasteiger partial charge in [0.05, 0.1) is 12.0 Å². The lowest BCUT2D eigenvalue weighted by atomic mass is 10.1. The van der Waals surface area contributed by atoms with E-state index in [1.807, 2.05) is 13.8 Å². The summed E-state index contributed by atoms with van der Waals surface area (Å²) in [5.41, 5.74) is -0.127. The summed E-state index contributed by atoms with van der Waals surface area (Å²) in [6.07, 6.45) is 0. The fraction of sp³-hybridized carbons (Fsp3) is 0.357. The number of nitrogens with one attached hydrogen (secondary N) is 1. The molecule has 0 spiro atoms. The van der Waals surface area contributed by atoms with Gasteiger partial charge < -0.3 is 10.0 Å². The summed E-state index contributed by atoms with van der Waals surface area (Å²) >= 11 is 0. The van der Waals surface area contributed by atoms with Gasteiger partial charge in [0.25, 0.3) is 11.5 Å². The summed E-state index contributed by atoms with van der Waals surface area (Å²) in [6, 6.07) is 6.77. The van der Waals surface area contributed by atoms with Crippen molar-refractivity contribution in [3.63, 3.8) is 0 Å². The molecule has 0 radical (unpaired) electrons. The highest BCUT2D eigenvalue weighted by Gasteiger charge is 2.22. The molecule has 0 saturated heterocycles. The van der Waals surface area contributed by atoms with E-state index < -0.39 is 0 Å². The maximum atomic E-state index is 12.5. The summed E-state index contributed by atoms with van der Waals surface area (Å²) in [6.45, 7) is 3.83. The van der Waals surface area contributed by atoms with Gasteiger partial charge in [0.15, 0.2) is 5.69 Å². The van der Waals surface area contributed by atoms with Crippen LogP contribution in [0.15, 0.2) is 29.1 Å². The molecule has 1 aromatic carbocycles. The van der Waals surface area contributed by atoms with E-state index in [-0.39, 0.29) is 36.4 Å². The Kier molecular flexibility index (Phi) is 4.14. The van der Waals surface area contributed by atoms with Crippen molar-refractivity contribution in [1.82, 2.24) is 15.1 Å². The van der Waals surface area contributed by atoms with Crippen LogP contribution in [0.4, 0.5) is 0 Å². The van der Waals surface area contributed by atoms with Crippen LogP contribution in [0.1, 0.15) is 24.3 Å². The van der Waals surface area contributed by atoms with Crippen LogP contribution in [0.3, 0.4) is 0 Å². The van der Waals surface area contributed by atoms with E-state index >= 15 is 0 Å². The van der Waals surface area contributed by atoms with Crippen LogP contribution in [0.2, 0.25) is 0 Å². The number of hydrogen-bond acceptors (Lipinski definition) is 4. The third kappa shape index (κ3) is 2.55. The van der Waals surface area contributed by atoms with Crippen LogP contribution in [0, 0.1) is 0 Å². The number of rotatable bonds is 4. The molecule has 2 N–H and O–H groups in total. The van der Waals surface area contributed by atoms with E-state index in [0.29, 0.717) is 10.8 Å². The van der Waals surface area contributed by atoms with Gasteiger partial charge in [0.1, 0.15) is 0 Å². The Bertz CT molecular complexity index is 679. The predicted molar refractivity (Wildman–Crippen MR) is 75.6 cm³/mol. The first-order valence-corrected chi connectivity index (χ1v) is 6.45. The van der Waals surface area contributed by atoms with Gasteiger partial charge >= 0.3 is 0 Å². The molecule has 1 amide bonds. The van der Waals surface area contributed by atoms with Gasteiger partial charge in [0.2, 0.25) is 0 Å². The summed E-state index contributed by atoms with van der Waals surface area (Å²) in [7, 11) is 0. The first-order chi connectivity index (χ1) is 9.56. The molecule has 0 atom stereocenters. The van der Waals surface area contributed by atoms with Crippen LogP contribution >= 0.6 is 0 Å². The molecule has 0 saturated carbocycles. The van der Waals surface area contributed by atoms with E-state index in [1.54, 1.807) is 24.3 Å². The van der Waals surface area contributed by atoms with Crippen molar-refractivity contribution in [1.29, 1.82) is 0 Å². The maximum Gasteiger partial charge on any atom is 0.275 e. The zero-order valence-electron chi connectivity index (χ0n) is 11.5. The predicted octanol–water partition coefficient (Wildman–Crippen LogP) is 0.766. The molecule has 0 unspecified atom stereocenters. The van der Waals surface area contributed by atoms with Crippen molar-refractivity contribution in [3.8, 4) is 0 Å². The number of carbonyl (C=O) groups is 1. The molecule has 20 heavy (non-hydrogen) atoms. The molecular weight excluding hydrogens is 258 g/mol. The highest BCUT2D eigenvalue weighted by Crippen LogP contribution is 2.15. The van der Waals surface area contributed by atoms with Crippen LogP contribution in [0.25, 0.3) is 10.8 Å². The normalized spacial score (nSPS) is 11.0. The molecule has 1 aromatic heterocycles. The molecule has 0 aliphatic rings. The Labute approximate surface area is 116 Å². The minimum atomic E-state index is -0.324. The summed E-state index contributed by atoms with van der Waals surface area (Å²) < 4.78 is 0. The summed E-state index contributed by atoms with van der Waals surface area (Å²) in [4.78, 5) is 25.8. The van der Waals surface area contributed by atoms with Gasteiger partial charge in [-0.2, -0.15) is 5.10 Å². The largest absolute Gasteiger partial charge is 0.395 e. The monoisotopic (exact) mass is 275 g/mol. The Morgan fingerprint density at radius 3 is 2.60 bits per heavy atom. The van der Waals surface area contributed by atoms with Gasteiger partial charge in [-0.25, -0.2) is 5.10 Å². The average molecular weight is 275 g/mol. The number of aromatic amines is 1. The third-order valence-electron chi connectivity index (χ3n) is 3.12. The lowest BCUT2D eigenvalue weighted by molar-refractivity contribution is 0.0660. The molecule has 1 heterocycles. The highest BCUT2D eigenvalue weighted by atomic mass is 16.3. The number of amides is 1. The topological polar surface area (TPSA) is 86.3 Å². The highest BCUT2D eigenvalue weighted by molar-refractivity contribution is 6.04. The van der Waals surface area contributed by atoms with E-state index in [2.05, 4.69) is 10.2 Å². The molecule has 2 rings (SSSR count).